The van der Waals surface area contributed by atoms with Crippen molar-refractivity contribution in [3.05, 3.63) is 112 Å². The van der Waals surface area contributed by atoms with Crippen LogP contribution < -0.4 is 5.32 Å². The molecule has 1 atom stereocenters. The first-order valence-corrected chi connectivity index (χ1v) is 9.32. The molecule has 1 amide bonds. The second kappa shape index (κ2) is 9.47. The molecule has 0 aliphatic heterocycles. The Balaban J connectivity index is 1.95. The van der Waals surface area contributed by atoms with Crippen molar-refractivity contribution >= 4 is 17.6 Å². The molecular formula is C23H20N2O5. The summed E-state index contributed by atoms with van der Waals surface area (Å²) in [6.45, 7) is 0. The number of nitro groups is 1. The Hall–Kier alpha value is -4.00. The molecule has 2 N–H and O–H groups in total. The molecule has 0 heterocycles. The molecule has 0 aromatic heterocycles. The fourth-order valence-electron chi connectivity index (χ4n) is 3.32. The van der Waals surface area contributed by atoms with Gasteiger partial charge in [0.25, 0.3) is 5.69 Å². The molecule has 0 unspecified atom stereocenters. The Morgan fingerprint density at radius 2 is 1.40 bits per heavy atom. The number of non-ortho nitro benzene ring substituents is 1. The van der Waals surface area contributed by atoms with Crippen molar-refractivity contribution in [2.45, 2.75) is 18.4 Å². The number of nitrogens with zero attached hydrogens (tertiary/aromatic N) is 1. The van der Waals surface area contributed by atoms with Gasteiger partial charge in [-0.25, -0.2) is 0 Å². The van der Waals surface area contributed by atoms with Crippen LogP contribution in [0.15, 0.2) is 84.9 Å². The van der Waals surface area contributed by atoms with E-state index in [1.807, 2.05) is 60.7 Å². The Bertz CT molecular complexity index is 998. The summed E-state index contributed by atoms with van der Waals surface area (Å²) in [5.41, 5.74) is 1.71. The minimum atomic E-state index is -1.12. The molecule has 0 radical (unpaired) electrons. The summed E-state index contributed by atoms with van der Waals surface area (Å²) in [4.78, 5) is 35.2. The lowest BCUT2D eigenvalue weighted by Crippen LogP contribution is -2.34. The minimum Gasteiger partial charge on any atom is -0.481 e. The van der Waals surface area contributed by atoms with Crippen molar-refractivity contribution in [3.8, 4) is 0 Å². The van der Waals surface area contributed by atoms with Crippen molar-refractivity contribution in [1.29, 1.82) is 0 Å². The number of nitro benzene ring substituents is 1. The zero-order chi connectivity index (χ0) is 21.5. The number of carboxylic acid groups (broad SMARTS) is 1. The number of hydrogen-bond acceptors (Lipinski definition) is 4. The standard InChI is InChI=1S/C23H20N2O5/c26-21(27)15-20(18-12-7-13-19(14-18)25(29)30)24-23(28)22(16-8-3-1-4-9-16)17-10-5-2-6-11-17/h1-14,20,22H,15H2,(H,24,28)(H,26,27)/t20-/m1/s1. The molecule has 0 saturated carbocycles. The predicted molar refractivity (Wildman–Crippen MR) is 111 cm³/mol. The zero-order valence-electron chi connectivity index (χ0n) is 16.0. The van der Waals surface area contributed by atoms with Gasteiger partial charge in [-0.2, -0.15) is 0 Å². The third-order valence-corrected chi connectivity index (χ3v) is 4.71. The summed E-state index contributed by atoms with van der Waals surface area (Å²) in [6.07, 6.45) is -0.400. The quantitative estimate of drug-likeness (QED) is 0.435. The van der Waals surface area contributed by atoms with Gasteiger partial charge < -0.3 is 10.4 Å². The van der Waals surface area contributed by atoms with Crippen LogP contribution in [0.25, 0.3) is 0 Å². The molecule has 7 nitrogen and oxygen atoms in total. The van der Waals surface area contributed by atoms with Gasteiger partial charge in [0, 0.05) is 12.1 Å². The Morgan fingerprint density at radius 1 is 0.867 bits per heavy atom. The first-order valence-electron chi connectivity index (χ1n) is 9.32. The van der Waals surface area contributed by atoms with E-state index >= 15 is 0 Å². The van der Waals surface area contributed by atoms with E-state index < -0.39 is 29.3 Å². The Labute approximate surface area is 173 Å². The third kappa shape index (κ3) is 5.08. The van der Waals surface area contributed by atoms with Crippen LogP contribution in [0.1, 0.15) is 35.1 Å². The van der Waals surface area contributed by atoms with E-state index in [1.54, 1.807) is 6.07 Å². The van der Waals surface area contributed by atoms with Gasteiger partial charge in [0.05, 0.1) is 23.3 Å². The number of carboxylic acids is 1. The largest absolute Gasteiger partial charge is 0.481 e. The van der Waals surface area contributed by atoms with Crippen LogP contribution >= 0.6 is 0 Å². The average Bonchev–Trinajstić information content (AvgIpc) is 2.75. The van der Waals surface area contributed by atoms with Crippen LogP contribution in [0.5, 0.6) is 0 Å². The maximum atomic E-state index is 13.3. The lowest BCUT2D eigenvalue weighted by molar-refractivity contribution is -0.384. The molecule has 3 aromatic carbocycles. The van der Waals surface area contributed by atoms with Gasteiger partial charge >= 0.3 is 5.97 Å². The highest BCUT2D eigenvalue weighted by atomic mass is 16.6. The van der Waals surface area contributed by atoms with E-state index in [0.29, 0.717) is 5.56 Å². The summed E-state index contributed by atoms with van der Waals surface area (Å²) >= 11 is 0. The van der Waals surface area contributed by atoms with Crippen molar-refractivity contribution in [2.75, 3.05) is 0 Å². The van der Waals surface area contributed by atoms with Gasteiger partial charge in [-0.1, -0.05) is 72.8 Å². The van der Waals surface area contributed by atoms with Crippen molar-refractivity contribution in [1.82, 2.24) is 5.32 Å². The number of carbonyl (C=O) groups excluding carboxylic acids is 1. The monoisotopic (exact) mass is 404 g/mol. The lowest BCUT2D eigenvalue weighted by atomic mass is 9.90. The van der Waals surface area contributed by atoms with E-state index in [9.17, 15) is 24.8 Å². The van der Waals surface area contributed by atoms with Gasteiger partial charge in [-0.3, -0.25) is 19.7 Å². The fraction of sp³-hybridized carbons (Fsp3) is 0.130. The molecule has 30 heavy (non-hydrogen) atoms. The number of carbonyl (C=O) groups is 2. The van der Waals surface area contributed by atoms with E-state index in [0.717, 1.165) is 11.1 Å². The average molecular weight is 404 g/mol. The number of benzene rings is 3. The highest BCUT2D eigenvalue weighted by Gasteiger charge is 2.27. The maximum Gasteiger partial charge on any atom is 0.305 e. The fourth-order valence-corrected chi connectivity index (χ4v) is 3.32. The molecule has 0 bridgehead atoms. The van der Waals surface area contributed by atoms with Crippen LogP contribution in [-0.4, -0.2) is 21.9 Å². The molecule has 0 spiro atoms. The van der Waals surface area contributed by atoms with Crippen molar-refractivity contribution in [3.63, 3.8) is 0 Å². The van der Waals surface area contributed by atoms with Gasteiger partial charge in [0.15, 0.2) is 0 Å². The summed E-state index contributed by atoms with van der Waals surface area (Å²) in [5.74, 6) is -2.16. The SMILES string of the molecule is O=C(O)C[C@@H](NC(=O)C(c1ccccc1)c1ccccc1)c1cccc([N+](=O)[O-])c1. The first kappa shape index (κ1) is 20.7. The highest BCUT2D eigenvalue weighted by Crippen LogP contribution is 2.28. The summed E-state index contributed by atoms with van der Waals surface area (Å²) in [5, 5.41) is 23.2. The molecule has 3 aromatic rings. The zero-order valence-corrected chi connectivity index (χ0v) is 16.0. The molecule has 3 rings (SSSR count). The summed E-state index contributed by atoms with van der Waals surface area (Å²) in [6, 6.07) is 23.1. The smallest absolute Gasteiger partial charge is 0.305 e. The number of rotatable bonds is 8. The van der Waals surface area contributed by atoms with E-state index in [2.05, 4.69) is 5.32 Å². The van der Waals surface area contributed by atoms with Gasteiger partial charge in [-0.05, 0) is 16.7 Å². The third-order valence-electron chi connectivity index (χ3n) is 4.71. The van der Waals surface area contributed by atoms with Crippen molar-refractivity contribution in [2.24, 2.45) is 0 Å². The summed E-state index contributed by atoms with van der Waals surface area (Å²) in [7, 11) is 0. The number of aliphatic carboxylic acids is 1. The number of nitrogens with one attached hydrogen (secondary N) is 1. The first-order chi connectivity index (χ1) is 14.5. The molecule has 0 aliphatic carbocycles. The predicted octanol–water partition coefficient (Wildman–Crippen LogP) is 4.06. The van der Waals surface area contributed by atoms with Crippen LogP contribution in [-0.2, 0) is 9.59 Å². The van der Waals surface area contributed by atoms with Crippen LogP contribution in [0.4, 0.5) is 5.69 Å². The second-order valence-corrected chi connectivity index (χ2v) is 6.77. The molecular weight excluding hydrogens is 384 g/mol. The second-order valence-electron chi connectivity index (χ2n) is 6.77. The topological polar surface area (TPSA) is 110 Å². The highest BCUT2D eigenvalue weighted by molar-refractivity contribution is 5.88. The molecule has 0 fully saturated rings. The van der Waals surface area contributed by atoms with E-state index in [-0.39, 0.29) is 11.6 Å². The Morgan fingerprint density at radius 3 is 1.90 bits per heavy atom. The van der Waals surface area contributed by atoms with E-state index in [1.165, 1.54) is 18.2 Å². The minimum absolute atomic E-state index is 0.167. The molecule has 152 valence electrons. The lowest BCUT2D eigenvalue weighted by Gasteiger charge is -2.23. The summed E-state index contributed by atoms with van der Waals surface area (Å²) < 4.78 is 0. The van der Waals surface area contributed by atoms with Crippen LogP contribution in [0, 0.1) is 10.1 Å². The van der Waals surface area contributed by atoms with Crippen LogP contribution in [0.3, 0.4) is 0 Å². The van der Waals surface area contributed by atoms with Gasteiger partial charge in [-0.15, -0.1) is 0 Å². The molecule has 7 heteroatoms. The van der Waals surface area contributed by atoms with Crippen LogP contribution in [0.2, 0.25) is 0 Å². The normalized spacial score (nSPS) is 11.6. The molecule has 0 aliphatic rings. The number of hydrogen-bond donors (Lipinski definition) is 2. The maximum absolute atomic E-state index is 13.3. The van der Waals surface area contributed by atoms with Gasteiger partial charge in [0.2, 0.25) is 5.91 Å². The van der Waals surface area contributed by atoms with Crippen molar-refractivity contribution < 1.29 is 19.6 Å². The number of amides is 1. The van der Waals surface area contributed by atoms with Gasteiger partial charge in [0.1, 0.15) is 0 Å². The Kier molecular flexibility index (Phi) is 6.54. The molecule has 0 saturated heterocycles. The van der Waals surface area contributed by atoms with E-state index in [4.69, 9.17) is 0 Å².